The molecule has 1 aliphatic carbocycles. The van der Waals surface area contributed by atoms with Gasteiger partial charge in [0.1, 0.15) is 0 Å². The van der Waals surface area contributed by atoms with E-state index in [0.717, 1.165) is 31.3 Å². The zero-order valence-corrected chi connectivity index (χ0v) is 11.4. The van der Waals surface area contributed by atoms with Crippen LogP contribution in [0.25, 0.3) is 0 Å². The number of rotatable bonds is 5. The second kappa shape index (κ2) is 6.18. The average molecular weight is 252 g/mol. The van der Waals surface area contributed by atoms with Crippen molar-refractivity contribution in [2.75, 3.05) is 24.5 Å². The summed E-state index contributed by atoms with van der Waals surface area (Å²) in [5, 5.41) is 4.10. The molecule has 18 heavy (non-hydrogen) atoms. The first kappa shape index (κ1) is 13.3. The molecule has 1 aromatic heterocycles. The summed E-state index contributed by atoms with van der Waals surface area (Å²) in [4.78, 5) is 6.67. The van der Waals surface area contributed by atoms with Crippen molar-refractivity contribution in [2.45, 2.75) is 45.4 Å². The fourth-order valence-electron chi connectivity index (χ4n) is 2.83. The Morgan fingerprint density at radius 2 is 2.00 bits per heavy atom. The van der Waals surface area contributed by atoms with E-state index >= 15 is 0 Å². The highest BCUT2D eigenvalue weighted by molar-refractivity contribution is 5.27. The molecule has 2 N–H and O–H groups in total. The molecule has 1 fully saturated rings. The predicted octanol–water partition coefficient (Wildman–Crippen LogP) is 2.15. The molecule has 1 heterocycles. The third-order valence-corrected chi connectivity index (χ3v) is 4.01. The maximum absolute atomic E-state index is 5.85. The Balaban J connectivity index is 2.12. The van der Waals surface area contributed by atoms with Crippen LogP contribution in [0.5, 0.6) is 0 Å². The van der Waals surface area contributed by atoms with Gasteiger partial charge >= 0.3 is 0 Å². The summed E-state index contributed by atoms with van der Waals surface area (Å²) < 4.78 is 5.46. The summed E-state index contributed by atoms with van der Waals surface area (Å²) in [7, 11) is 0. The summed E-state index contributed by atoms with van der Waals surface area (Å²) in [6.07, 6.45) is 4.82. The molecule has 5 nitrogen and oxygen atoms in total. The van der Waals surface area contributed by atoms with E-state index < -0.39 is 0 Å². The van der Waals surface area contributed by atoms with Gasteiger partial charge in [-0.3, -0.25) is 0 Å². The van der Waals surface area contributed by atoms with Gasteiger partial charge in [-0.25, -0.2) is 0 Å². The summed E-state index contributed by atoms with van der Waals surface area (Å²) in [5.74, 6) is 2.37. The van der Waals surface area contributed by atoms with Crippen LogP contribution in [0.15, 0.2) is 4.52 Å². The summed E-state index contributed by atoms with van der Waals surface area (Å²) in [6.45, 7) is 6.72. The molecular formula is C13H24N4O. The first-order valence-electron chi connectivity index (χ1n) is 7.08. The molecule has 0 radical (unpaired) electrons. The van der Waals surface area contributed by atoms with E-state index in [1.807, 2.05) is 0 Å². The molecule has 0 aliphatic heterocycles. The van der Waals surface area contributed by atoms with Crippen molar-refractivity contribution in [1.82, 2.24) is 10.1 Å². The van der Waals surface area contributed by atoms with E-state index in [2.05, 4.69) is 28.9 Å². The highest BCUT2D eigenvalue weighted by Crippen LogP contribution is 2.36. The molecule has 0 bridgehead atoms. The van der Waals surface area contributed by atoms with Crippen LogP contribution in [0.4, 0.5) is 5.95 Å². The van der Waals surface area contributed by atoms with Crippen molar-refractivity contribution in [2.24, 2.45) is 11.7 Å². The molecule has 0 aromatic carbocycles. The molecule has 0 spiro atoms. The zero-order valence-electron chi connectivity index (χ0n) is 11.4. The lowest BCUT2D eigenvalue weighted by molar-refractivity contribution is 0.249. The van der Waals surface area contributed by atoms with E-state index in [1.165, 1.54) is 19.3 Å². The molecule has 1 saturated carbocycles. The number of hydrogen-bond donors (Lipinski definition) is 1. The molecule has 1 aromatic rings. The third kappa shape index (κ3) is 2.66. The van der Waals surface area contributed by atoms with Gasteiger partial charge in [0.2, 0.25) is 5.89 Å². The standard InChI is InChI=1S/C13H24N4O/c1-3-17(4-2)13-15-12(18-16-13)11-8-6-5-7-10(11)9-14/h10-11H,3-9,14H2,1-2H3. The first-order valence-corrected chi connectivity index (χ1v) is 7.08. The van der Waals surface area contributed by atoms with Crippen LogP contribution in [-0.4, -0.2) is 29.8 Å². The molecule has 1 aliphatic rings. The Labute approximate surface area is 109 Å². The minimum Gasteiger partial charge on any atom is -0.339 e. The van der Waals surface area contributed by atoms with Gasteiger partial charge in [-0.15, -0.1) is 0 Å². The Bertz CT molecular complexity index is 362. The minimum absolute atomic E-state index is 0.362. The maximum atomic E-state index is 5.85. The first-order chi connectivity index (χ1) is 8.80. The van der Waals surface area contributed by atoms with Gasteiger partial charge in [-0.05, 0) is 44.3 Å². The molecule has 2 atom stereocenters. The Morgan fingerprint density at radius 3 is 2.67 bits per heavy atom. The van der Waals surface area contributed by atoms with Crippen LogP contribution in [0.3, 0.4) is 0 Å². The number of hydrogen-bond acceptors (Lipinski definition) is 5. The lowest BCUT2D eigenvalue weighted by atomic mass is 9.79. The van der Waals surface area contributed by atoms with Crippen LogP contribution in [0.1, 0.15) is 51.3 Å². The third-order valence-electron chi connectivity index (χ3n) is 4.01. The lowest BCUT2D eigenvalue weighted by Gasteiger charge is -2.27. The highest BCUT2D eigenvalue weighted by Gasteiger charge is 2.30. The van der Waals surface area contributed by atoms with Crippen molar-refractivity contribution < 1.29 is 4.52 Å². The monoisotopic (exact) mass is 252 g/mol. The number of nitrogens with two attached hydrogens (primary N) is 1. The summed E-state index contributed by atoms with van der Waals surface area (Å²) >= 11 is 0. The average Bonchev–Trinajstić information content (AvgIpc) is 2.89. The van der Waals surface area contributed by atoms with Gasteiger partial charge in [0.15, 0.2) is 0 Å². The fourth-order valence-corrected chi connectivity index (χ4v) is 2.83. The topological polar surface area (TPSA) is 68.2 Å². The zero-order chi connectivity index (χ0) is 13.0. The van der Waals surface area contributed by atoms with Gasteiger partial charge < -0.3 is 15.2 Å². The SMILES string of the molecule is CCN(CC)c1noc(C2CCCCC2CN)n1. The van der Waals surface area contributed by atoms with E-state index in [4.69, 9.17) is 10.3 Å². The minimum atomic E-state index is 0.362. The fraction of sp³-hybridized carbons (Fsp3) is 0.846. The second-order valence-electron chi connectivity index (χ2n) is 4.99. The van der Waals surface area contributed by atoms with Gasteiger partial charge in [0.25, 0.3) is 5.95 Å². The van der Waals surface area contributed by atoms with E-state index in [-0.39, 0.29) is 0 Å². The lowest BCUT2D eigenvalue weighted by Crippen LogP contribution is -2.26. The van der Waals surface area contributed by atoms with Crippen molar-refractivity contribution in [3.8, 4) is 0 Å². The van der Waals surface area contributed by atoms with E-state index in [9.17, 15) is 0 Å². The quantitative estimate of drug-likeness (QED) is 0.869. The molecule has 2 unspecified atom stereocenters. The van der Waals surface area contributed by atoms with Crippen molar-refractivity contribution in [1.29, 1.82) is 0 Å². The number of anilines is 1. The van der Waals surface area contributed by atoms with Crippen LogP contribution in [0.2, 0.25) is 0 Å². The van der Waals surface area contributed by atoms with Gasteiger partial charge in [-0.2, -0.15) is 4.98 Å². The van der Waals surface area contributed by atoms with E-state index in [0.29, 0.717) is 18.4 Å². The summed E-state index contributed by atoms with van der Waals surface area (Å²) in [6, 6.07) is 0. The molecule has 2 rings (SSSR count). The number of nitrogens with zero attached hydrogens (tertiary/aromatic N) is 3. The van der Waals surface area contributed by atoms with Crippen LogP contribution < -0.4 is 10.6 Å². The molecule has 0 saturated heterocycles. The van der Waals surface area contributed by atoms with Crippen molar-refractivity contribution >= 4 is 5.95 Å². The van der Waals surface area contributed by atoms with Crippen LogP contribution in [0, 0.1) is 5.92 Å². The second-order valence-corrected chi connectivity index (χ2v) is 4.99. The van der Waals surface area contributed by atoms with E-state index in [1.54, 1.807) is 0 Å². The number of aromatic nitrogens is 2. The molecule has 102 valence electrons. The van der Waals surface area contributed by atoms with Crippen LogP contribution >= 0.6 is 0 Å². The van der Waals surface area contributed by atoms with Gasteiger partial charge in [0.05, 0.1) is 0 Å². The molecule has 5 heteroatoms. The highest BCUT2D eigenvalue weighted by atomic mass is 16.5. The van der Waals surface area contributed by atoms with Gasteiger partial charge in [0, 0.05) is 19.0 Å². The molecular weight excluding hydrogens is 228 g/mol. The largest absolute Gasteiger partial charge is 0.339 e. The molecule has 0 amide bonds. The van der Waals surface area contributed by atoms with Crippen molar-refractivity contribution in [3.05, 3.63) is 5.89 Å². The van der Waals surface area contributed by atoms with Gasteiger partial charge in [-0.1, -0.05) is 12.8 Å². The normalized spacial score (nSPS) is 24.2. The smallest absolute Gasteiger partial charge is 0.266 e. The Kier molecular flexibility index (Phi) is 4.58. The Morgan fingerprint density at radius 1 is 1.28 bits per heavy atom. The van der Waals surface area contributed by atoms with Crippen molar-refractivity contribution in [3.63, 3.8) is 0 Å². The van der Waals surface area contributed by atoms with Crippen LogP contribution in [-0.2, 0) is 0 Å². The maximum Gasteiger partial charge on any atom is 0.266 e. The summed E-state index contributed by atoms with van der Waals surface area (Å²) in [5.41, 5.74) is 5.85. The predicted molar refractivity (Wildman–Crippen MR) is 71.6 cm³/mol. The Hall–Kier alpha value is -1.10.